The van der Waals surface area contributed by atoms with E-state index in [4.69, 9.17) is 9.97 Å². The molecule has 0 amide bonds. The number of hydrogen-bond donors (Lipinski definition) is 0. The molecule has 0 aliphatic heterocycles. The third-order valence-corrected chi connectivity index (χ3v) is 14.2. The van der Waals surface area contributed by atoms with Crippen LogP contribution < -0.4 is 0 Å². The van der Waals surface area contributed by atoms with Gasteiger partial charge in [0.2, 0.25) is 0 Å². The fourth-order valence-corrected chi connectivity index (χ4v) is 11.4. The summed E-state index contributed by atoms with van der Waals surface area (Å²) in [6.07, 6.45) is 0. The Bertz CT molecular complexity index is 3210. The second kappa shape index (κ2) is 12.9. The summed E-state index contributed by atoms with van der Waals surface area (Å²) < 4.78 is 0. The van der Waals surface area contributed by atoms with Gasteiger partial charge in [-0.2, -0.15) is 0 Å². The molecule has 0 atom stereocenters. The quantitative estimate of drug-likeness (QED) is 0.178. The van der Waals surface area contributed by atoms with Crippen LogP contribution >= 0.6 is 0 Å². The van der Waals surface area contributed by atoms with E-state index < -0.39 is 5.41 Å². The largest absolute Gasteiger partial charge is 0.228 e. The summed E-state index contributed by atoms with van der Waals surface area (Å²) in [6.45, 7) is 9.50. The molecule has 1 heterocycles. The van der Waals surface area contributed by atoms with E-state index in [2.05, 4.69) is 216 Å². The van der Waals surface area contributed by atoms with Crippen molar-refractivity contribution in [3.05, 3.63) is 239 Å². The molecule has 9 aromatic rings. The molecular formula is C59H44N2. The summed E-state index contributed by atoms with van der Waals surface area (Å²) in [4.78, 5) is 10.6. The highest BCUT2D eigenvalue weighted by molar-refractivity contribution is 5.91. The molecule has 290 valence electrons. The number of benzene rings is 8. The molecule has 2 heteroatoms. The van der Waals surface area contributed by atoms with Crippen LogP contribution in [0.25, 0.3) is 67.3 Å². The van der Waals surface area contributed by atoms with E-state index in [1.54, 1.807) is 0 Å². The lowest BCUT2D eigenvalue weighted by molar-refractivity contribution is 0.565. The molecule has 0 N–H and O–H groups in total. The first-order chi connectivity index (χ1) is 29.8. The molecule has 0 saturated heterocycles. The smallest absolute Gasteiger partial charge is 0.160 e. The maximum atomic E-state index is 5.31. The molecule has 12 rings (SSSR count). The highest BCUT2D eigenvalue weighted by Crippen LogP contribution is 2.63. The molecule has 3 aliphatic rings. The van der Waals surface area contributed by atoms with Gasteiger partial charge < -0.3 is 0 Å². The highest BCUT2D eigenvalue weighted by Gasteiger charge is 2.53. The van der Waals surface area contributed by atoms with Gasteiger partial charge in [0.25, 0.3) is 0 Å². The van der Waals surface area contributed by atoms with Crippen molar-refractivity contribution in [3.63, 3.8) is 0 Å². The van der Waals surface area contributed by atoms with Gasteiger partial charge in [0.15, 0.2) is 5.82 Å². The Morgan fingerprint density at radius 2 is 0.770 bits per heavy atom. The van der Waals surface area contributed by atoms with Gasteiger partial charge in [-0.15, -0.1) is 0 Å². The molecule has 3 aliphatic carbocycles. The van der Waals surface area contributed by atoms with Crippen molar-refractivity contribution < 1.29 is 0 Å². The van der Waals surface area contributed by atoms with E-state index in [0.717, 1.165) is 33.9 Å². The molecule has 0 radical (unpaired) electrons. The maximum absolute atomic E-state index is 5.31. The Balaban J connectivity index is 1.05. The monoisotopic (exact) mass is 780 g/mol. The van der Waals surface area contributed by atoms with Gasteiger partial charge in [-0.25, -0.2) is 9.97 Å². The Morgan fingerprint density at radius 1 is 0.295 bits per heavy atom. The molecule has 2 nitrogen and oxygen atoms in total. The zero-order valence-corrected chi connectivity index (χ0v) is 34.9. The van der Waals surface area contributed by atoms with Crippen molar-refractivity contribution >= 4 is 0 Å². The minimum Gasteiger partial charge on any atom is -0.228 e. The number of hydrogen-bond acceptors (Lipinski definition) is 2. The van der Waals surface area contributed by atoms with E-state index in [1.165, 1.54) is 77.9 Å². The normalized spacial score (nSPS) is 15.3. The van der Waals surface area contributed by atoms with Crippen LogP contribution in [0.4, 0.5) is 0 Å². The molecular weight excluding hydrogens is 737 g/mol. The van der Waals surface area contributed by atoms with Crippen molar-refractivity contribution in [2.24, 2.45) is 0 Å². The third kappa shape index (κ3) is 4.97. The zero-order chi connectivity index (χ0) is 41.1. The summed E-state index contributed by atoms with van der Waals surface area (Å²) in [7, 11) is 0. The van der Waals surface area contributed by atoms with Crippen molar-refractivity contribution in [2.45, 2.75) is 43.9 Å². The minimum atomic E-state index is -0.444. The Hall–Kier alpha value is -7.16. The topological polar surface area (TPSA) is 25.8 Å². The van der Waals surface area contributed by atoms with Crippen molar-refractivity contribution in [1.29, 1.82) is 0 Å². The predicted molar refractivity (Wildman–Crippen MR) is 251 cm³/mol. The average Bonchev–Trinajstić information content (AvgIpc) is 3.74. The second-order valence-electron chi connectivity index (χ2n) is 18.1. The van der Waals surface area contributed by atoms with Gasteiger partial charge in [0.05, 0.1) is 16.8 Å². The van der Waals surface area contributed by atoms with E-state index in [0.29, 0.717) is 0 Å². The number of aromatic nitrogens is 2. The van der Waals surface area contributed by atoms with Crippen LogP contribution in [0.1, 0.15) is 72.2 Å². The lowest BCUT2D eigenvalue weighted by Crippen LogP contribution is -2.41. The van der Waals surface area contributed by atoms with Gasteiger partial charge in [-0.05, 0) is 96.1 Å². The van der Waals surface area contributed by atoms with Gasteiger partial charge in [-0.3, -0.25) is 0 Å². The summed E-state index contributed by atoms with van der Waals surface area (Å²) in [5.41, 5.74) is 22.7. The number of nitrogens with zero attached hydrogens (tertiary/aromatic N) is 2. The fourth-order valence-electron chi connectivity index (χ4n) is 11.4. The minimum absolute atomic E-state index is 0.112. The molecule has 0 bridgehead atoms. The molecule has 0 fully saturated rings. The Labute approximate surface area is 358 Å². The summed E-state index contributed by atoms with van der Waals surface area (Å²) in [5.74, 6) is 0.719. The molecule has 0 unspecified atom stereocenters. The first-order valence-corrected chi connectivity index (χ1v) is 21.5. The molecule has 8 aromatic carbocycles. The second-order valence-corrected chi connectivity index (χ2v) is 18.1. The summed E-state index contributed by atoms with van der Waals surface area (Å²) >= 11 is 0. The fraction of sp³-hybridized carbons (Fsp3) is 0.119. The van der Waals surface area contributed by atoms with Crippen LogP contribution in [0.5, 0.6) is 0 Å². The Kier molecular flexibility index (Phi) is 7.57. The van der Waals surface area contributed by atoms with E-state index in [9.17, 15) is 0 Å². The maximum Gasteiger partial charge on any atom is 0.160 e. The number of rotatable bonds is 4. The van der Waals surface area contributed by atoms with Crippen LogP contribution in [0.2, 0.25) is 0 Å². The highest BCUT2D eigenvalue weighted by atomic mass is 14.9. The third-order valence-electron chi connectivity index (χ3n) is 14.2. The predicted octanol–water partition coefficient (Wildman–Crippen LogP) is 14.5. The Morgan fingerprint density at radius 3 is 1.46 bits per heavy atom. The van der Waals surface area contributed by atoms with Crippen LogP contribution in [0.15, 0.2) is 194 Å². The number of fused-ring (bicyclic) bond motifs is 12. The molecule has 0 saturated carbocycles. The van der Waals surface area contributed by atoms with Crippen molar-refractivity contribution in [1.82, 2.24) is 9.97 Å². The van der Waals surface area contributed by atoms with Crippen molar-refractivity contribution in [2.75, 3.05) is 0 Å². The van der Waals surface area contributed by atoms with Crippen LogP contribution in [0.3, 0.4) is 0 Å². The van der Waals surface area contributed by atoms with Crippen LogP contribution in [0, 0.1) is 0 Å². The standard InChI is InChI=1S/C59H44N2/c1-57(2)46-26-11-8-22-42(46)45-33-32-40(35-52(45)57)54-36-53(60-56(61-54)37-18-6-5-7-19-37)39-21-16-20-38(34-39)41-25-17-31-51-55(41)58(3,4)49-29-14-15-30-50(49)59(51)47-27-12-9-23-43(47)44-24-10-13-28-48(44)59/h5-36H,1-4H3. The van der Waals surface area contributed by atoms with Crippen LogP contribution in [-0.4, -0.2) is 9.97 Å². The summed E-state index contributed by atoms with van der Waals surface area (Å²) in [6, 6.07) is 71.6. The zero-order valence-electron chi connectivity index (χ0n) is 34.9. The average molecular weight is 781 g/mol. The lowest BCUT2D eigenvalue weighted by atomic mass is 9.54. The van der Waals surface area contributed by atoms with E-state index >= 15 is 0 Å². The van der Waals surface area contributed by atoms with Gasteiger partial charge in [-0.1, -0.05) is 204 Å². The first kappa shape index (κ1) is 35.8. The SMILES string of the molecule is CC1(C)c2ccccc2-c2ccc(-c3cc(-c4cccc(-c5cccc6c5C(C)(C)c5ccccc5C65c6ccccc6-c6ccccc65)c4)nc(-c4ccccc4)n3)cc21. The first-order valence-electron chi connectivity index (χ1n) is 21.5. The van der Waals surface area contributed by atoms with Gasteiger partial charge in [0, 0.05) is 27.5 Å². The molecule has 1 spiro atoms. The van der Waals surface area contributed by atoms with E-state index in [1.807, 2.05) is 6.07 Å². The van der Waals surface area contributed by atoms with Gasteiger partial charge >= 0.3 is 0 Å². The lowest BCUT2D eigenvalue weighted by Gasteiger charge is -2.47. The van der Waals surface area contributed by atoms with E-state index in [-0.39, 0.29) is 10.8 Å². The van der Waals surface area contributed by atoms with Crippen molar-refractivity contribution in [3.8, 4) is 67.3 Å². The van der Waals surface area contributed by atoms with Crippen LogP contribution in [-0.2, 0) is 16.2 Å². The summed E-state index contributed by atoms with van der Waals surface area (Å²) in [5, 5.41) is 0. The molecule has 61 heavy (non-hydrogen) atoms. The molecule has 1 aromatic heterocycles. The van der Waals surface area contributed by atoms with Gasteiger partial charge in [0.1, 0.15) is 0 Å².